The third-order valence-electron chi connectivity index (χ3n) is 2.77. The van der Waals surface area contributed by atoms with Crippen molar-refractivity contribution in [3.63, 3.8) is 0 Å². The van der Waals surface area contributed by atoms with Crippen LogP contribution in [0.4, 0.5) is 0 Å². The quantitative estimate of drug-likeness (QED) is 0.723. The SMILES string of the molecule is CC(C)CCCCNCc1cccc(Cl)c1O. The second-order valence-corrected chi connectivity index (χ2v) is 5.22. The van der Waals surface area contributed by atoms with E-state index in [0.29, 0.717) is 11.6 Å². The van der Waals surface area contributed by atoms with E-state index in [0.717, 1.165) is 18.0 Å². The molecular formula is C14H22ClNO. The number of para-hydroxylation sites is 1. The van der Waals surface area contributed by atoms with E-state index in [4.69, 9.17) is 11.6 Å². The molecule has 0 amide bonds. The Morgan fingerprint density at radius 2 is 2.06 bits per heavy atom. The number of rotatable bonds is 7. The first-order chi connectivity index (χ1) is 8.11. The van der Waals surface area contributed by atoms with E-state index in [1.165, 1.54) is 19.3 Å². The van der Waals surface area contributed by atoms with Gasteiger partial charge >= 0.3 is 0 Å². The third kappa shape index (κ3) is 5.42. The molecule has 1 aromatic carbocycles. The lowest BCUT2D eigenvalue weighted by Gasteiger charge is -2.08. The Hall–Kier alpha value is -0.730. The number of hydrogen-bond donors (Lipinski definition) is 2. The van der Waals surface area contributed by atoms with E-state index in [1.54, 1.807) is 6.07 Å². The molecule has 0 atom stereocenters. The van der Waals surface area contributed by atoms with E-state index in [1.807, 2.05) is 12.1 Å². The number of phenolic OH excluding ortho intramolecular Hbond substituents is 1. The lowest BCUT2D eigenvalue weighted by molar-refractivity contribution is 0.463. The van der Waals surface area contributed by atoms with Gasteiger partial charge in [-0.3, -0.25) is 0 Å². The van der Waals surface area contributed by atoms with Crippen LogP contribution in [-0.2, 0) is 6.54 Å². The maximum Gasteiger partial charge on any atom is 0.138 e. The van der Waals surface area contributed by atoms with Crippen molar-refractivity contribution >= 4 is 11.6 Å². The molecule has 0 aliphatic carbocycles. The lowest BCUT2D eigenvalue weighted by Crippen LogP contribution is -2.14. The zero-order valence-electron chi connectivity index (χ0n) is 10.7. The Bertz CT molecular complexity index is 339. The maximum atomic E-state index is 9.70. The molecule has 1 aromatic rings. The number of aromatic hydroxyl groups is 1. The van der Waals surface area contributed by atoms with Crippen molar-refractivity contribution in [2.24, 2.45) is 5.92 Å². The smallest absolute Gasteiger partial charge is 0.138 e. The first-order valence-corrected chi connectivity index (χ1v) is 6.66. The summed E-state index contributed by atoms with van der Waals surface area (Å²) >= 11 is 5.83. The molecule has 0 saturated carbocycles. The normalized spacial score (nSPS) is 11.1. The highest BCUT2D eigenvalue weighted by molar-refractivity contribution is 6.32. The summed E-state index contributed by atoms with van der Waals surface area (Å²) in [6.45, 7) is 6.15. The van der Waals surface area contributed by atoms with E-state index in [-0.39, 0.29) is 5.75 Å². The van der Waals surface area contributed by atoms with Crippen LogP contribution >= 0.6 is 11.6 Å². The van der Waals surface area contributed by atoms with Crippen LogP contribution in [-0.4, -0.2) is 11.7 Å². The average Bonchev–Trinajstić information content (AvgIpc) is 2.28. The lowest BCUT2D eigenvalue weighted by atomic mass is 10.1. The van der Waals surface area contributed by atoms with Gasteiger partial charge in [-0.2, -0.15) is 0 Å². The van der Waals surface area contributed by atoms with E-state index >= 15 is 0 Å². The Labute approximate surface area is 109 Å². The van der Waals surface area contributed by atoms with Crippen LogP contribution in [0.15, 0.2) is 18.2 Å². The molecule has 17 heavy (non-hydrogen) atoms. The van der Waals surface area contributed by atoms with Crippen molar-refractivity contribution in [3.8, 4) is 5.75 Å². The Kier molecular flexibility index (Phi) is 6.38. The molecule has 0 fully saturated rings. The Morgan fingerprint density at radius 3 is 2.76 bits per heavy atom. The highest BCUT2D eigenvalue weighted by Gasteiger charge is 2.03. The summed E-state index contributed by atoms with van der Waals surface area (Å²) in [5.41, 5.74) is 0.862. The van der Waals surface area contributed by atoms with Gasteiger partial charge in [-0.15, -0.1) is 0 Å². The largest absolute Gasteiger partial charge is 0.506 e. The molecule has 2 N–H and O–H groups in total. The summed E-state index contributed by atoms with van der Waals surface area (Å²) in [5.74, 6) is 0.982. The predicted octanol–water partition coefficient (Wildman–Crippen LogP) is 3.96. The van der Waals surface area contributed by atoms with Crippen LogP contribution in [0.1, 0.15) is 38.7 Å². The Morgan fingerprint density at radius 1 is 1.29 bits per heavy atom. The average molecular weight is 256 g/mol. The summed E-state index contributed by atoms with van der Waals surface area (Å²) in [6.07, 6.45) is 3.72. The van der Waals surface area contributed by atoms with Gasteiger partial charge in [0.1, 0.15) is 5.75 Å². The van der Waals surface area contributed by atoms with Gasteiger partial charge in [0.2, 0.25) is 0 Å². The number of benzene rings is 1. The summed E-state index contributed by atoms with van der Waals surface area (Å²) in [6, 6.07) is 5.45. The van der Waals surface area contributed by atoms with Crippen molar-refractivity contribution < 1.29 is 5.11 Å². The van der Waals surface area contributed by atoms with Crippen molar-refractivity contribution in [1.82, 2.24) is 5.32 Å². The Balaban J connectivity index is 2.20. The summed E-state index contributed by atoms with van der Waals surface area (Å²) in [5, 5.41) is 13.4. The summed E-state index contributed by atoms with van der Waals surface area (Å²) in [7, 11) is 0. The molecule has 0 bridgehead atoms. The summed E-state index contributed by atoms with van der Waals surface area (Å²) < 4.78 is 0. The maximum absolute atomic E-state index is 9.70. The van der Waals surface area contributed by atoms with Gasteiger partial charge in [-0.1, -0.05) is 50.4 Å². The minimum absolute atomic E-state index is 0.198. The van der Waals surface area contributed by atoms with Crippen LogP contribution in [0.3, 0.4) is 0 Å². The zero-order valence-corrected chi connectivity index (χ0v) is 11.4. The van der Waals surface area contributed by atoms with E-state index in [9.17, 15) is 5.11 Å². The highest BCUT2D eigenvalue weighted by atomic mass is 35.5. The van der Waals surface area contributed by atoms with E-state index in [2.05, 4.69) is 19.2 Å². The molecule has 1 rings (SSSR count). The number of unbranched alkanes of at least 4 members (excludes halogenated alkanes) is 1. The fourth-order valence-electron chi connectivity index (χ4n) is 1.73. The third-order valence-corrected chi connectivity index (χ3v) is 3.08. The van der Waals surface area contributed by atoms with Crippen LogP contribution in [0, 0.1) is 5.92 Å². The minimum Gasteiger partial charge on any atom is -0.506 e. The van der Waals surface area contributed by atoms with Gasteiger partial charge in [0.25, 0.3) is 0 Å². The molecule has 3 heteroatoms. The van der Waals surface area contributed by atoms with Gasteiger partial charge in [0.15, 0.2) is 0 Å². The summed E-state index contributed by atoms with van der Waals surface area (Å²) in [4.78, 5) is 0. The first-order valence-electron chi connectivity index (χ1n) is 6.28. The molecule has 0 unspecified atom stereocenters. The van der Waals surface area contributed by atoms with Crippen LogP contribution in [0.5, 0.6) is 5.75 Å². The second kappa shape index (κ2) is 7.57. The second-order valence-electron chi connectivity index (χ2n) is 4.81. The number of phenols is 1. The number of nitrogens with one attached hydrogen (secondary N) is 1. The molecule has 0 saturated heterocycles. The number of halogens is 1. The van der Waals surface area contributed by atoms with Crippen molar-refractivity contribution in [1.29, 1.82) is 0 Å². The number of hydrogen-bond acceptors (Lipinski definition) is 2. The molecular weight excluding hydrogens is 234 g/mol. The molecule has 2 nitrogen and oxygen atoms in total. The van der Waals surface area contributed by atoms with Crippen molar-refractivity contribution in [3.05, 3.63) is 28.8 Å². The van der Waals surface area contributed by atoms with Crippen molar-refractivity contribution in [2.75, 3.05) is 6.54 Å². The minimum atomic E-state index is 0.198. The molecule has 0 spiro atoms. The molecule has 0 aliphatic rings. The topological polar surface area (TPSA) is 32.3 Å². The zero-order chi connectivity index (χ0) is 12.7. The fourth-order valence-corrected chi connectivity index (χ4v) is 1.92. The fraction of sp³-hybridized carbons (Fsp3) is 0.571. The van der Waals surface area contributed by atoms with Crippen LogP contribution in [0.25, 0.3) is 0 Å². The van der Waals surface area contributed by atoms with Gasteiger partial charge in [0, 0.05) is 12.1 Å². The van der Waals surface area contributed by atoms with Crippen LogP contribution in [0.2, 0.25) is 5.02 Å². The molecule has 0 aliphatic heterocycles. The van der Waals surface area contributed by atoms with E-state index < -0.39 is 0 Å². The molecule has 0 radical (unpaired) electrons. The first kappa shape index (κ1) is 14.3. The predicted molar refractivity (Wildman–Crippen MR) is 73.5 cm³/mol. The highest BCUT2D eigenvalue weighted by Crippen LogP contribution is 2.26. The van der Waals surface area contributed by atoms with Gasteiger partial charge in [-0.25, -0.2) is 0 Å². The van der Waals surface area contributed by atoms with Gasteiger partial charge in [0.05, 0.1) is 5.02 Å². The van der Waals surface area contributed by atoms with Crippen LogP contribution < -0.4 is 5.32 Å². The molecule has 0 heterocycles. The monoisotopic (exact) mass is 255 g/mol. The van der Waals surface area contributed by atoms with Crippen molar-refractivity contribution in [2.45, 2.75) is 39.7 Å². The van der Waals surface area contributed by atoms with Gasteiger partial charge in [-0.05, 0) is 24.9 Å². The standard InChI is InChI=1S/C14H22ClNO/c1-11(2)6-3-4-9-16-10-12-7-5-8-13(15)14(12)17/h5,7-8,11,16-17H,3-4,6,9-10H2,1-2H3. The van der Waals surface area contributed by atoms with Gasteiger partial charge < -0.3 is 10.4 Å². The molecule has 0 aromatic heterocycles. The molecule has 96 valence electrons.